The van der Waals surface area contributed by atoms with Crippen LogP contribution in [0.5, 0.6) is 0 Å². The molecule has 1 aromatic carbocycles. The van der Waals surface area contributed by atoms with Gasteiger partial charge < -0.3 is 25.9 Å². The number of fused-ring (bicyclic) bond motifs is 1. The van der Waals surface area contributed by atoms with Crippen molar-refractivity contribution in [3.8, 4) is 0 Å². The van der Waals surface area contributed by atoms with Crippen molar-refractivity contribution in [2.24, 2.45) is 0 Å². The van der Waals surface area contributed by atoms with Gasteiger partial charge in [0.25, 0.3) is 5.91 Å². The number of amides is 3. The van der Waals surface area contributed by atoms with E-state index in [0.29, 0.717) is 30.4 Å². The number of hydrogen-bond acceptors (Lipinski definition) is 4. The van der Waals surface area contributed by atoms with Gasteiger partial charge in [0.2, 0.25) is 0 Å². The second-order valence-corrected chi connectivity index (χ2v) is 7.75. The van der Waals surface area contributed by atoms with Gasteiger partial charge in [0.05, 0.1) is 6.54 Å². The van der Waals surface area contributed by atoms with Gasteiger partial charge in [-0.25, -0.2) is 4.79 Å². The monoisotopic (exact) mass is 429 g/mol. The number of benzene rings is 1. The molecule has 0 bridgehead atoms. The van der Waals surface area contributed by atoms with Crippen LogP contribution in [0.25, 0.3) is 10.9 Å². The van der Waals surface area contributed by atoms with E-state index in [1.165, 1.54) is 4.79 Å². The number of urea groups is 1. The average molecular weight is 430 g/mol. The number of H-pyrrole nitrogens is 1. The molecule has 1 aliphatic heterocycles. The second kappa shape index (κ2) is 8.66. The van der Waals surface area contributed by atoms with E-state index in [4.69, 9.17) is 11.6 Å². The van der Waals surface area contributed by atoms with Crippen molar-refractivity contribution in [2.75, 3.05) is 25.6 Å². The number of carbonyl (C=O) groups is 2. The van der Waals surface area contributed by atoms with Crippen LogP contribution in [0.1, 0.15) is 29.0 Å². The fraction of sp³-hybridized carbons (Fsp3) is 0.350. The normalized spacial score (nSPS) is 16.5. The minimum absolute atomic E-state index is 0.101. The Morgan fingerprint density at radius 2 is 2.17 bits per heavy atom. The molecule has 0 saturated carbocycles. The number of aromatic amines is 1. The molecular weight excluding hydrogens is 406 g/mol. The van der Waals surface area contributed by atoms with Crippen molar-refractivity contribution in [3.63, 3.8) is 0 Å². The highest BCUT2D eigenvalue weighted by Crippen LogP contribution is 2.20. The molecular formula is C20H24ClN7O2. The fourth-order valence-corrected chi connectivity index (χ4v) is 3.86. The van der Waals surface area contributed by atoms with Crippen LogP contribution in [0.4, 0.5) is 4.79 Å². The Bertz CT molecular complexity index is 1060. The van der Waals surface area contributed by atoms with Crippen LogP contribution >= 0.6 is 11.6 Å². The van der Waals surface area contributed by atoms with Gasteiger partial charge >= 0.3 is 6.03 Å². The first-order valence-corrected chi connectivity index (χ1v) is 10.2. The number of likely N-dealkylation sites (tertiary alicyclic amines) is 1. The molecule has 10 heteroatoms. The first-order chi connectivity index (χ1) is 14.5. The van der Waals surface area contributed by atoms with Crippen LogP contribution in [0.15, 0.2) is 36.5 Å². The number of aromatic nitrogens is 3. The van der Waals surface area contributed by atoms with Crippen LogP contribution in [0.3, 0.4) is 0 Å². The average Bonchev–Trinajstić information content (AvgIpc) is 3.38. The summed E-state index contributed by atoms with van der Waals surface area (Å²) < 4.78 is 0. The zero-order valence-electron chi connectivity index (χ0n) is 16.6. The lowest BCUT2D eigenvalue weighted by Gasteiger charge is -2.32. The minimum atomic E-state index is -0.259. The highest BCUT2D eigenvalue weighted by Gasteiger charge is 2.26. The van der Waals surface area contributed by atoms with Crippen molar-refractivity contribution in [3.05, 3.63) is 52.9 Å². The summed E-state index contributed by atoms with van der Waals surface area (Å²) in [5, 5.41) is 11.7. The molecule has 1 atom stereocenters. The van der Waals surface area contributed by atoms with Crippen LogP contribution in [0.2, 0.25) is 5.02 Å². The summed E-state index contributed by atoms with van der Waals surface area (Å²) in [5.74, 6) is -0.132. The molecule has 0 aliphatic carbocycles. The molecule has 0 spiro atoms. The van der Waals surface area contributed by atoms with E-state index in [0.717, 1.165) is 29.4 Å². The maximum Gasteiger partial charge on any atom is 0.315 e. The summed E-state index contributed by atoms with van der Waals surface area (Å²) in [5.41, 5.74) is 5.08. The van der Waals surface area contributed by atoms with E-state index < -0.39 is 0 Å². The van der Waals surface area contributed by atoms with E-state index in [1.807, 2.05) is 24.3 Å². The summed E-state index contributed by atoms with van der Waals surface area (Å²) in [6.45, 7) is 1.49. The van der Waals surface area contributed by atoms with Gasteiger partial charge in [-0.2, -0.15) is 4.79 Å². The lowest BCUT2D eigenvalue weighted by Crippen LogP contribution is -2.51. The molecule has 2 aromatic heterocycles. The molecule has 158 valence electrons. The van der Waals surface area contributed by atoms with Gasteiger partial charge in [-0.1, -0.05) is 11.6 Å². The predicted octanol–water partition coefficient (Wildman–Crippen LogP) is 2.30. The minimum Gasteiger partial charge on any atom is -0.357 e. The third-order valence-electron chi connectivity index (χ3n) is 5.16. The molecule has 3 amide bonds. The summed E-state index contributed by atoms with van der Waals surface area (Å²) in [6.07, 6.45) is 3.34. The predicted molar refractivity (Wildman–Crippen MR) is 115 cm³/mol. The summed E-state index contributed by atoms with van der Waals surface area (Å²) in [6, 6.07) is 8.90. The molecule has 0 unspecified atom stereocenters. The van der Waals surface area contributed by atoms with Crippen molar-refractivity contribution in [2.45, 2.75) is 25.4 Å². The van der Waals surface area contributed by atoms with Gasteiger partial charge in [0.15, 0.2) is 5.69 Å². The van der Waals surface area contributed by atoms with E-state index in [2.05, 4.69) is 26.1 Å². The Kier molecular flexibility index (Phi) is 5.80. The SMILES string of the molecule is CNn1ccc(C(=O)N2CCC[C@@H](NC(=O)NCc3cc4cc(Cl)ccc4[nH]3)C2)n1. The molecule has 0 radical (unpaired) electrons. The molecule has 30 heavy (non-hydrogen) atoms. The topological polar surface area (TPSA) is 107 Å². The smallest absolute Gasteiger partial charge is 0.315 e. The largest absolute Gasteiger partial charge is 0.357 e. The first-order valence-electron chi connectivity index (χ1n) is 9.86. The number of carbonyl (C=O) groups excluding carboxylic acids is 2. The first kappa shape index (κ1) is 20.1. The van der Waals surface area contributed by atoms with E-state index >= 15 is 0 Å². The number of rotatable bonds is 5. The van der Waals surface area contributed by atoms with Crippen molar-refractivity contribution in [1.29, 1.82) is 0 Å². The lowest BCUT2D eigenvalue weighted by atomic mass is 10.1. The number of halogens is 1. The zero-order chi connectivity index (χ0) is 21.1. The third kappa shape index (κ3) is 4.51. The van der Waals surface area contributed by atoms with Gasteiger partial charge in [0.1, 0.15) is 0 Å². The molecule has 1 aliphatic rings. The third-order valence-corrected chi connectivity index (χ3v) is 5.39. The summed E-state index contributed by atoms with van der Waals surface area (Å²) in [4.78, 5) is 31.5. The van der Waals surface area contributed by atoms with Gasteiger partial charge in [-0.15, -0.1) is 5.10 Å². The number of nitrogens with zero attached hydrogens (tertiary/aromatic N) is 3. The van der Waals surface area contributed by atoms with Gasteiger partial charge in [0, 0.05) is 54.0 Å². The van der Waals surface area contributed by atoms with E-state index in [1.54, 1.807) is 24.2 Å². The zero-order valence-corrected chi connectivity index (χ0v) is 17.4. The molecule has 4 N–H and O–H groups in total. The Morgan fingerprint density at radius 1 is 1.30 bits per heavy atom. The van der Waals surface area contributed by atoms with Gasteiger partial charge in [-0.3, -0.25) is 4.79 Å². The molecule has 9 nitrogen and oxygen atoms in total. The highest BCUT2D eigenvalue weighted by molar-refractivity contribution is 6.31. The molecule has 3 heterocycles. The molecule has 3 aromatic rings. The highest BCUT2D eigenvalue weighted by atomic mass is 35.5. The Morgan fingerprint density at radius 3 is 2.97 bits per heavy atom. The molecule has 1 fully saturated rings. The second-order valence-electron chi connectivity index (χ2n) is 7.31. The van der Waals surface area contributed by atoms with Crippen molar-refractivity contribution < 1.29 is 9.59 Å². The summed E-state index contributed by atoms with van der Waals surface area (Å²) in [7, 11) is 1.73. The van der Waals surface area contributed by atoms with E-state index in [-0.39, 0.29) is 18.0 Å². The van der Waals surface area contributed by atoms with Gasteiger partial charge in [-0.05, 0) is 43.2 Å². The summed E-state index contributed by atoms with van der Waals surface area (Å²) >= 11 is 6.02. The van der Waals surface area contributed by atoms with Crippen molar-refractivity contribution in [1.82, 2.24) is 30.4 Å². The standard InChI is InChI=1S/C20H24ClN7O2/c1-22-28-8-6-18(26-28)19(29)27-7-2-3-15(12-27)25-20(30)23-11-16-10-13-9-14(21)4-5-17(13)24-16/h4-6,8-10,15,22,24H,2-3,7,11-12H2,1H3,(H2,23,25,30)/t15-/m1/s1. The fourth-order valence-electron chi connectivity index (χ4n) is 3.67. The van der Waals surface area contributed by atoms with E-state index in [9.17, 15) is 9.59 Å². The maximum absolute atomic E-state index is 12.7. The lowest BCUT2D eigenvalue weighted by molar-refractivity contribution is 0.0691. The number of hydrogen-bond donors (Lipinski definition) is 4. The Balaban J connectivity index is 1.29. The Labute approximate surface area is 178 Å². The number of piperidine rings is 1. The van der Waals surface area contributed by atoms with Crippen LogP contribution in [-0.4, -0.2) is 57.9 Å². The van der Waals surface area contributed by atoms with Crippen LogP contribution in [-0.2, 0) is 6.54 Å². The molecule has 4 rings (SSSR count). The Hall–Kier alpha value is -3.20. The number of nitrogens with one attached hydrogen (secondary N) is 4. The molecule has 1 saturated heterocycles. The maximum atomic E-state index is 12.7. The quantitative estimate of drug-likeness (QED) is 0.499. The van der Waals surface area contributed by atoms with Crippen molar-refractivity contribution >= 4 is 34.4 Å². The van der Waals surface area contributed by atoms with Crippen LogP contribution < -0.4 is 16.1 Å². The van der Waals surface area contributed by atoms with Crippen LogP contribution in [0, 0.1) is 0 Å².